The third kappa shape index (κ3) is 5.37. The van der Waals surface area contributed by atoms with Gasteiger partial charge in [-0.1, -0.05) is 30.3 Å². The highest BCUT2D eigenvalue weighted by molar-refractivity contribution is 5.76. The Hall–Kier alpha value is -1.43. The maximum absolute atomic E-state index is 13.0. The predicted octanol–water partition coefficient (Wildman–Crippen LogP) is 4.08. The fourth-order valence-electron chi connectivity index (χ4n) is 7.59. The van der Waals surface area contributed by atoms with Crippen molar-refractivity contribution in [3.63, 3.8) is 0 Å². The Morgan fingerprint density at radius 2 is 1.71 bits per heavy atom. The van der Waals surface area contributed by atoms with Gasteiger partial charge in [-0.3, -0.25) is 19.5 Å². The molecule has 0 aliphatic carbocycles. The fraction of sp³-hybridized carbons (Fsp3) is 0.759. The van der Waals surface area contributed by atoms with Crippen molar-refractivity contribution >= 4 is 5.91 Å². The van der Waals surface area contributed by atoms with E-state index in [9.17, 15) is 4.79 Å². The molecule has 1 aromatic rings. The summed E-state index contributed by atoms with van der Waals surface area (Å²) >= 11 is 0. The number of benzene rings is 1. The summed E-state index contributed by atoms with van der Waals surface area (Å²) in [6, 6.07) is 13.1. The summed E-state index contributed by atoms with van der Waals surface area (Å²) in [7, 11) is 0. The van der Waals surface area contributed by atoms with Gasteiger partial charge in [-0.05, 0) is 82.9 Å². The normalized spacial score (nSPS) is 31.0. The summed E-state index contributed by atoms with van der Waals surface area (Å²) in [6.07, 6.45) is 8.43. The van der Waals surface area contributed by atoms with E-state index < -0.39 is 0 Å². The van der Waals surface area contributed by atoms with Gasteiger partial charge in [0.2, 0.25) is 5.91 Å². The molecule has 5 nitrogen and oxygen atoms in total. The van der Waals surface area contributed by atoms with Crippen LogP contribution in [0.2, 0.25) is 0 Å². The molecule has 0 unspecified atom stereocenters. The maximum atomic E-state index is 13.0. The van der Waals surface area contributed by atoms with Crippen LogP contribution in [0.5, 0.6) is 0 Å². The zero-order chi connectivity index (χ0) is 23.5. The zero-order valence-electron chi connectivity index (χ0n) is 21.6. The van der Waals surface area contributed by atoms with E-state index in [-0.39, 0.29) is 0 Å². The molecule has 0 bridgehead atoms. The average molecular weight is 467 g/mol. The lowest BCUT2D eigenvalue weighted by Crippen LogP contribution is -2.64. The van der Waals surface area contributed by atoms with Gasteiger partial charge in [0.15, 0.2) is 0 Å². The molecular weight excluding hydrogens is 420 g/mol. The topological polar surface area (TPSA) is 30.0 Å². The average Bonchev–Trinajstić information content (AvgIpc) is 2.86. The van der Waals surface area contributed by atoms with E-state index in [0.29, 0.717) is 18.0 Å². The Bertz CT molecular complexity index is 789. The Morgan fingerprint density at radius 3 is 2.44 bits per heavy atom. The molecule has 5 heteroatoms. The Balaban J connectivity index is 1.22. The highest BCUT2D eigenvalue weighted by Crippen LogP contribution is 2.43. The lowest BCUT2D eigenvalue weighted by Gasteiger charge is -2.57. The molecule has 0 saturated carbocycles. The molecule has 1 amide bonds. The Kier molecular flexibility index (Phi) is 7.92. The molecule has 4 aliphatic rings. The van der Waals surface area contributed by atoms with Crippen molar-refractivity contribution in [1.29, 1.82) is 0 Å². The molecule has 4 fully saturated rings. The fourth-order valence-corrected chi connectivity index (χ4v) is 7.59. The zero-order valence-corrected chi connectivity index (χ0v) is 21.6. The molecule has 0 radical (unpaired) electrons. The maximum Gasteiger partial charge on any atom is 0.222 e. The first-order valence-corrected chi connectivity index (χ1v) is 14.1. The monoisotopic (exact) mass is 466 g/mol. The summed E-state index contributed by atoms with van der Waals surface area (Å²) in [6.45, 7) is 13.3. The highest BCUT2D eigenvalue weighted by Gasteiger charge is 2.48. The van der Waals surface area contributed by atoms with Gasteiger partial charge in [0.05, 0.1) is 0 Å². The van der Waals surface area contributed by atoms with E-state index in [1.807, 2.05) is 0 Å². The Labute approximate surface area is 207 Å². The molecule has 1 aromatic carbocycles. The van der Waals surface area contributed by atoms with Gasteiger partial charge < -0.3 is 4.90 Å². The minimum absolute atomic E-state index is 0.384. The first-order chi connectivity index (χ1) is 16.6. The molecule has 0 N–H and O–H groups in total. The van der Waals surface area contributed by atoms with E-state index in [1.165, 1.54) is 57.3 Å². The number of piperidine rings is 3. The minimum atomic E-state index is 0.384. The van der Waals surface area contributed by atoms with Crippen molar-refractivity contribution in [2.45, 2.75) is 83.5 Å². The minimum Gasteiger partial charge on any atom is -0.340 e. The van der Waals surface area contributed by atoms with Crippen molar-refractivity contribution in [3.8, 4) is 0 Å². The lowest BCUT2D eigenvalue weighted by molar-refractivity contribution is -0.133. The van der Waals surface area contributed by atoms with Crippen LogP contribution in [-0.4, -0.2) is 89.4 Å². The van der Waals surface area contributed by atoms with Gasteiger partial charge in [-0.15, -0.1) is 0 Å². The second-order valence-electron chi connectivity index (χ2n) is 11.6. The number of hydrogen-bond acceptors (Lipinski definition) is 4. The highest BCUT2D eigenvalue weighted by atomic mass is 16.2. The number of piperazine rings is 1. The number of nitrogens with zero attached hydrogens (tertiary/aromatic N) is 4. The second kappa shape index (κ2) is 11.1. The molecule has 0 spiro atoms. The second-order valence-corrected chi connectivity index (χ2v) is 11.6. The number of carbonyl (C=O) groups excluding carboxylic acids is 1. The van der Waals surface area contributed by atoms with Crippen molar-refractivity contribution < 1.29 is 4.79 Å². The summed E-state index contributed by atoms with van der Waals surface area (Å²) in [5.74, 6) is 1.99. The van der Waals surface area contributed by atoms with Crippen LogP contribution in [0.4, 0.5) is 0 Å². The first kappa shape index (κ1) is 24.3. The molecular formula is C29H46N4O. The van der Waals surface area contributed by atoms with E-state index in [2.05, 4.69) is 63.8 Å². The van der Waals surface area contributed by atoms with Crippen LogP contribution in [0.3, 0.4) is 0 Å². The predicted molar refractivity (Wildman–Crippen MR) is 139 cm³/mol. The van der Waals surface area contributed by atoms with Crippen molar-refractivity contribution in [3.05, 3.63) is 35.9 Å². The number of hydrogen-bond donors (Lipinski definition) is 0. The smallest absolute Gasteiger partial charge is 0.222 e. The third-order valence-corrected chi connectivity index (χ3v) is 9.29. The van der Waals surface area contributed by atoms with E-state index >= 15 is 0 Å². The van der Waals surface area contributed by atoms with E-state index in [0.717, 1.165) is 63.4 Å². The number of carbonyl (C=O) groups is 1. The molecule has 4 heterocycles. The summed E-state index contributed by atoms with van der Waals surface area (Å²) in [5.41, 5.74) is 1.44. The standard InChI is InChI=1S/C29H46N4O/c1-23(2)30-17-19-31(20-18-30)28(34)14-6-13-27-26-12-8-16-32-15-7-11-25(29(26)32)22-33(27)21-24-9-4-3-5-10-24/h3-5,9-10,23,25-27,29H,6-8,11-22H2,1-2H3/t25-,26+,27+,29-/m0/s1. The lowest BCUT2D eigenvalue weighted by atomic mass is 9.69. The molecule has 5 rings (SSSR count). The van der Waals surface area contributed by atoms with Gasteiger partial charge in [0.1, 0.15) is 0 Å². The van der Waals surface area contributed by atoms with Crippen LogP contribution in [0.1, 0.15) is 64.4 Å². The van der Waals surface area contributed by atoms with E-state index in [1.54, 1.807) is 0 Å². The van der Waals surface area contributed by atoms with Crippen LogP contribution in [0, 0.1) is 11.8 Å². The van der Waals surface area contributed by atoms with Crippen LogP contribution in [-0.2, 0) is 11.3 Å². The SMILES string of the molecule is CC(C)N1CCN(C(=O)CCC[C@@H]2[C@H]3CCCN4CCC[C@@H](CN2Cc2ccccc2)[C@@H]34)CC1. The van der Waals surface area contributed by atoms with Crippen LogP contribution < -0.4 is 0 Å². The van der Waals surface area contributed by atoms with E-state index in [4.69, 9.17) is 0 Å². The summed E-state index contributed by atoms with van der Waals surface area (Å²) < 4.78 is 0. The van der Waals surface area contributed by atoms with Gasteiger partial charge >= 0.3 is 0 Å². The van der Waals surface area contributed by atoms with Gasteiger partial charge in [-0.2, -0.15) is 0 Å². The van der Waals surface area contributed by atoms with Gasteiger partial charge in [0, 0.05) is 63.8 Å². The number of amides is 1. The van der Waals surface area contributed by atoms with Crippen molar-refractivity contribution in [1.82, 2.24) is 19.6 Å². The third-order valence-electron chi connectivity index (χ3n) is 9.29. The van der Waals surface area contributed by atoms with Crippen LogP contribution in [0.15, 0.2) is 30.3 Å². The molecule has 188 valence electrons. The largest absolute Gasteiger partial charge is 0.340 e. The van der Waals surface area contributed by atoms with Gasteiger partial charge in [0.25, 0.3) is 0 Å². The van der Waals surface area contributed by atoms with Crippen molar-refractivity contribution in [2.24, 2.45) is 11.8 Å². The molecule has 0 aromatic heterocycles. The van der Waals surface area contributed by atoms with Gasteiger partial charge in [-0.25, -0.2) is 0 Å². The molecule has 4 atom stereocenters. The summed E-state index contributed by atoms with van der Waals surface area (Å²) in [5, 5.41) is 0. The number of rotatable bonds is 7. The van der Waals surface area contributed by atoms with Crippen LogP contribution >= 0.6 is 0 Å². The molecule has 34 heavy (non-hydrogen) atoms. The molecule has 4 aliphatic heterocycles. The quantitative estimate of drug-likeness (QED) is 0.606. The van der Waals surface area contributed by atoms with Crippen LogP contribution in [0.25, 0.3) is 0 Å². The molecule has 4 saturated heterocycles. The summed E-state index contributed by atoms with van der Waals surface area (Å²) in [4.78, 5) is 23.3. The Morgan fingerprint density at radius 1 is 0.971 bits per heavy atom. The number of likely N-dealkylation sites (tertiary alicyclic amines) is 1. The first-order valence-electron chi connectivity index (χ1n) is 14.1. The van der Waals surface area contributed by atoms with Crippen molar-refractivity contribution in [2.75, 3.05) is 45.8 Å².